The summed E-state index contributed by atoms with van der Waals surface area (Å²) >= 11 is 1.51. The number of amides is 2. The van der Waals surface area contributed by atoms with E-state index in [1.165, 1.54) is 44.0 Å². The van der Waals surface area contributed by atoms with Gasteiger partial charge in [0, 0.05) is 4.90 Å². The lowest BCUT2D eigenvalue weighted by Gasteiger charge is -2.16. The van der Waals surface area contributed by atoms with E-state index < -0.39 is 23.7 Å². The molecule has 6 nitrogen and oxygen atoms in total. The Labute approximate surface area is 155 Å². The van der Waals surface area contributed by atoms with E-state index in [-0.39, 0.29) is 11.3 Å². The highest BCUT2D eigenvalue weighted by atomic mass is 32.2. The first-order valence-electron chi connectivity index (χ1n) is 7.69. The van der Waals surface area contributed by atoms with E-state index in [4.69, 9.17) is 9.47 Å². The summed E-state index contributed by atoms with van der Waals surface area (Å²) in [6.07, 6.45) is 0.902. The van der Waals surface area contributed by atoms with E-state index in [2.05, 4.69) is 10.9 Å². The number of halogens is 1. The zero-order valence-corrected chi connectivity index (χ0v) is 15.4. The molecule has 0 aliphatic carbocycles. The maximum absolute atomic E-state index is 13.6. The van der Waals surface area contributed by atoms with E-state index >= 15 is 0 Å². The first-order valence-corrected chi connectivity index (χ1v) is 8.92. The molecule has 138 valence electrons. The van der Waals surface area contributed by atoms with Crippen LogP contribution in [0.1, 0.15) is 17.3 Å². The lowest BCUT2D eigenvalue weighted by atomic mass is 10.2. The summed E-state index contributed by atoms with van der Waals surface area (Å²) in [6, 6.07) is 10.9. The number of nitrogens with one attached hydrogen (secondary N) is 2. The molecule has 2 N–H and O–H groups in total. The molecule has 0 spiro atoms. The van der Waals surface area contributed by atoms with Crippen molar-refractivity contribution >= 4 is 23.6 Å². The van der Waals surface area contributed by atoms with Gasteiger partial charge in [-0.2, -0.15) is 0 Å². The molecule has 8 heteroatoms. The number of rotatable bonds is 6. The molecule has 0 aromatic heterocycles. The number of hydrogen-bond acceptors (Lipinski definition) is 5. The Morgan fingerprint density at radius 3 is 2.50 bits per heavy atom. The number of hydrazine groups is 1. The standard InChI is InChI=1S/C18H19FN2O4S/c1-11(25-15-7-5-4-6-14(15)19)17(22)20-21-18(23)13-9-8-12(26-3)10-16(13)24-2/h4-11H,1-3H3,(H,20,22)(H,21,23)/t11-/m1/s1. The summed E-state index contributed by atoms with van der Waals surface area (Å²) < 4.78 is 24.0. The van der Waals surface area contributed by atoms with Gasteiger partial charge in [0.25, 0.3) is 11.8 Å². The van der Waals surface area contributed by atoms with Crippen LogP contribution in [0.2, 0.25) is 0 Å². The minimum Gasteiger partial charge on any atom is -0.496 e. The fourth-order valence-corrected chi connectivity index (χ4v) is 2.49. The summed E-state index contributed by atoms with van der Waals surface area (Å²) in [6.45, 7) is 1.45. The highest BCUT2D eigenvalue weighted by Crippen LogP contribution is 2.25. The molecular formula is C18H19FN2O4S. The lowest BCUT2D eigenvalue weighted by Crippen LogP contribution is -2.47. The topological polar surface area (TPSA) is 76.7 Å². The van der Waals surface area contributed by atoms with Crippen LogP contribution in [-0.4, -0.2) is 31.3 Å². The maximum Gasteiger partial charge on any atom is 0.279 e. The van der Waals surface area contributed by atoms with E-state index in [1.807, 2.05) is 6.26 Å². The van der Waals surface area contributed by atoms with Crippen LogP contribution in [0.3, 0.4) is 0 Å². The van der Waals surface area contributed by atoms with Crippen molar-refractivity contribution in [3.63, 3.8) is 0 Å². The zero-order valence-electron chi connectivity index (χ0n) is 14.5. The van der Waals surface area contributed by atoms with Crippen LogP contribution in [0.4, 0.5) is 4.39 Å². The number of carbonyl (C=O) groups excluding carboxylic acids is 2. The Bertz CT molecular complexity index is 801. The summed E-state index contributed by atoms with van der Waals surface area (Å²) in [7, 11) is 1.46. The molecule has 2 amide bonds. The number of ether oxygens (including phenoxy) is 2. The second-order valence-corrected chi connectivity index (χ2v) is 6.08. The van der Waals surface area contributed by atoms with Crippen LogP contribution in [-0.2, 0) is 4.79 Å². The second-order valence-electron chi connectivity index (χ2n) is 5.20. The lowest BCUT2D eigenvalue weighted by molar-refractivity contribution is -0.128. The summed E-state index contributed by atoms with van der Waals surface area (Å²) in [5.41, 5.74) is 4.82. The number of benzene rings is 2. The Morgan fingerprint density at radius 1 is 1.12 bits per heavy atom. The molecule has 0 saturated carbocycles. The van der Waals surface area contributed by atoms with E-state index in [0.717, 1.165) is 4.90 Å². The third-order valence-corrected chi connectivity index (χ3v) is 4.19. The number of hydrogen-bond donors (Lipinski definition) is 2. The number of thioether (sulfide) groups is 1. The van der Waals surface area contributed by atoms with Crippen molar-refractivity contribution in [2.24, 2.45) is 0 Å². The van der Waals surface area contributed by atoms with Crippen molar-refractivity contribution in [2.45, 2.75) is 17.9 Å². The van der Waals surface area contributed by atoms with Gasteiger partial charge in [-0.15, -0.1) is 11.8 Å². The molecule has 0 saturated heterocycles. The molecule has 2 rings (SSSR count). The first-order chi connectivity index (χ1) is 12.5. The van der Waals surface area contributed by atoms with Crippen molar-refractivity contribution in [2.75, 3.05) is 13.4 Å². The molecule has 0 aliphatic rings. The second kappa shape index (κ2) is 9.10. The Hall–Kier alpha value is -2.74. The molecule has 2 aromatic rings. The Balaban J connectivity index is 1.96. The summed E-state index contributed by atoms with van der Waals surface area (Å²) in [5.74, 6) is -1.40. The normalized spacial score (nSPS) is 11.4. The zero-order chi connectivity index (χ0) is 19.1. The molecular weight excluding hydrogens is 359 g/mol. The van der Waals surface area contributed by atoms with Crippen LogP contribution in [0, 0.1) is 5.82 Å². The quantitative estimate of drug-likeness (QED) is 0.597. The van der Waals surface area contributed by atoms with Gasteiger partial charge in [-0.3, -0.25) is 20.4 Å². The average molecular weight is 378 g/mol. The van der Waals surface area contributed by atoms with E-state index in [9.17, 15) is 14.0 Å². The van der Waals surface area contributed by atoms with Crippen LogP contribution >= 0.6 is 11.8 Å². The van der Waals surface area contributed by atoms with Crippen LogP contribution in [0.25, 0.3) is 0 Å². The molecule has 0 aliphatic heterocycles. The first kappa shape index (κ1) is 19.6. The molecule has 2 aromatic carbocycles. The SMILES string of the molecule is COc1cc(SC)ccc1C(=O)NNC(=O)[C@@H](C)Oc1ccccc1F. The molecule has 26 heavy (non-hydrogen) atoms. The number of methoxy groups -OCH3 is 1. The third kappa shape index (κ3) is 4.89. The average Bonchev–Trinajstić information content (AvgIpc) is 2.66. The van der Waals surface area contributed by atoms with Crippen LogP contribution < -0.4 is 20.3 Å². The monoisotopic (exact) mass is 378 g/mol. The van der Waals surface area contributed by atoms with Crippen molar-refractivity contribution in [3.8, 4) is 11.5 Å². The predicted octanol–water partition coefficient (Wildman–Crippen LogP) is 2.78. The van der Waals surface area contributed by atoms with Crippen LogP contribution in [0.5, 0.6) is 11.5 Å². The van der Waals surface area contributed by atoms with Crippen molar-refractivity contribution in [1.29, 1.82) is 0 Å². The van der Waals surface area contributed by atoms with Crippen molar-refractivity contribution in [1.82, 2.24) is 10.9 Å². The van der Waals surface area contributed by atoms with Gasteiger partial charge >= 0.3 is 0 Å². The van der Waals surface area contributed by atoms with Gasteiger partial charge in [-0.1, -0.05) is 12.1 Å². The Morgan fingerprint density at radius 2 is 1.85 bits per heavy atom. The highest BCUT2D eigenvalue weighted by Gasteiger charge is 2.18. The van der Waals surface area contributed by atoms with Gasteiger partial charge in [-0.25, -0.2) is 4.39 Å². The van der Waals surface area contributed by atoms with E-state index in [0.29, 0.717) is 5.75 Å². The maximum atomic E-state index is 13.6. The molecule has 0 bridgehead atoms. The van der Waals surface area contributed by atoms with Gasteiger partial charge in [-0.05, 0) is 43.5 Å². The van der Waals surface area contributed by atoms with Gasteiger partial charge in [0.2, 0.25) is 0 Å². The summed E-state index contributed by atoms with van der Waals surface area (Å²) in [4.78, 5) is 25.2. The van der Waals surface area contributed by atoms with Crippen molar-refractivity contribution in [3.05, 3.63) is 53.8 Å². The minimum atomic E-state index is -1.01. The molecule has 0 fully saturated rings. The van der Waals surface area contributed by atoms with Gasteiger partial charge < -0.3 is 9.47 Å². The van der Waals surface area contributed by atoms with Gasteiger partial charge in [0.05, 0.1) is 12.7 Å². The predicted molar refractivity (Wildman–Crippen MR) is 96.9 cm³/mol. The minimum absolute atomic E-state index is 0.0456. The smallest absolute Gasteiger partial charge is 0.279 e. The highest BCUT2D eigenvalue weighted by molar-refractivity contribution is 7.98. The fraction of sp³-hybridized carbons (Fsp3) is 0.222. The molecule has 0 radical (unpaired) electrons. The van der Waals surface area contributed by atoms with Gasteiger partial charge in [0.15, 0.2) is 17.7 Å². The summed E-state index contributed by atoms with van der Waals surface area (Å²) in [5, 5.41) is 0. The number of carbonyl (C=O) groups is 2. The van der Waals surface area contributed by atoms with E-state index in [1.54, 1.807) is 24.3 Å². The van der Waals surface area contributed by atoms with Gasteiger partial charge in [0.1, 0.15) is 5.75 Å². The number of para-hydroxylation sites is 1. The fourth-order valence-electron chi connectivity index (χ4n) is 2.06. The molecule has 1 atom stereocenters. The molecule has 0 heterocycles. The largest absolute Gasteiger partial charge is 0.496 e. The Kier molecular flexibility index (Phi) is 6.85. The van der Waals surface area contributed by atoms with Crippen molar-refractivity contribution < 1.29 is 23.5 Å². The molecule has 0 unspecified atom stereocenters. The van der Waals surface area contributed by atoms with Crippen LogP contribution in [0.15, 0.2) is 47.4 Å². The third-order valence-electron chi connectivity index (χ3n) is 3.46.